The molecule has 0 fully saturated rings. The molecular formula is C49H74N16O10. The molecule has 410 valence electrons. The van der Waals surface area contributed by atoms with Crippen LogP contribution < -0.4 is 71.2 Å². The van der Waals surface area contributed by atoms with Crippen molar-refractivity contribution in [3.05, 3.63) is 71.9 Å². The highest BCUT2D eigenvalue weighted by Crippen LogP contribution is 2.20. The first-order chi connectivity index (χ1) is 35.7. The van der Waals surface area contributed by atoms with Gasteiger partial charge in [-0.1, -0.05) is 55.5 Å². The quantitative estimate of drug-likeness (QED) is 0.0120. The van der Waals surface area contributed by atoms with Gasteiger partial charge in [0.15, 0.2) is 11.9 Å². The Balaban J connectivity index is 1.94. The van der Waals surface area contributed by atoms with E-state index in [1.165, 1.54) is 13.8 Å². The summed E-state index contributed by atoms with van der Waals surface area (Å²) in [6.45, 7) is 4.59. The van der Waals surface area contributed by atoms with Crippen LogP contribution in [0.3, 0.4) is 0 Å². The number of amides is 9. The van der Waals surface area contributed by atoms with Crippen LogP contribution in [0.4, 0.5) is 0 Å². The van der Waals surface area contributed by atoms with Crippen LogP contribution in [0.25, 0.3) is 10.9 Å². The van der Waals surface area contributed by atoms with Gasteiger partial charge in [-0.3, -0.25) is 53.1 Å². The number of guanidine groups is 2. The Hall–Kier alpha value is -8.29. The minimum atomic E-state index is -1.68. The maximum absolute atomic E-state index is 14.5. The van der Waals surface area contributed by atoms with Gasteiger partial charge in [0.2, 0.25) is 53.7 Å². The zero-order valence-corrected chi connectivity index (χ0v) is 42.6. The highest BCUT2D eigenvalue weighted by atomic mass is 16.3. The van der Waals surface area contributed by atoms with Crippen molar-refractivity contribution in [2.45, 2.75) is 133 Å². The number of hydrogen-bond donors (Lipinski definition) is 15. The number of aromatic amines is 1. The Morgan fingerprint density at radius 3 is 1.65 bits per heavy atom. The summed E-state index contributed by atoms with van der Waals surface area (Å²) in [5, 5.41) is 32.5. The molecule has 0 saturated carbocycles. The predicted octanol–water partition coefficient (Wildman–Crippen LogP) is -3.33. The van der Waals surface area contributed by atoms with E-state index >= 15 is 0 Å². The molecule has 20 N–H and O–H groups in total. The van der Waals surface area contributed by atoms with Crippen molar-refractivity contribution >= 4 is 76.5 Å². The summed E-state index contributed by atoms with van der Waals surface area (Å²) < 4.78 is 0. The third-order valence-electron chi connectivity index (χ3n) is 11.8. The molecule has 0 saturated heterocycles. The number of primary amides is 1. The average molecular weight is 1050 g/mol. The summed E-state index contributed by atoms with van der Waals surface area (Å²) >= 11 is 0. The number of para-hydroxylation sites is 1. The number of H-pyrrole nitrogens is 1. The van der Waals surface area contributed by atoms with Gasteiger partial charge in [0.1, 0.15) is 42.3 Å². The number of rotatable bonds is 34. The third kappa shape index (κ3) is 21.8. The minimum Gasteiger partial charge on any atom is -0.391 e. The number of aromatic nitrogens is 1. The number of aliphatic imine (C=N–C) groups is 2. The molecule has 26 nitrogen and oxygen atoms in total. The molecule has 3 rings (SSSR count). The first-order valence-corrected chi connectivity index (χ1v) is 24.7. The standard InChI is InChI=1S/C49H74N16O10/c1-4-33(60-43(71)36(59-29(3)68)19-12-22-56-48(51)52)42(70)65-40(28(2)67)47(75)64-38(24-30-14-6-5-7-15-30)45(73)62-37(20-13-23-57-49(53)54)44(72)63-39(25-31-26-58-34-17-9-8-16-32(31)34)46(74)61-35(41(50)69)18-10-11-21-55-27-66/h5-9,14-17,26-28,33,35-40,58,67H,4,10-13,18-25H2,1-3H3,(H2,50,69)(H,55,66)(H,59,68)(H,60,71)(H,61,74)(H,62,73)(H,63,72)(H,64,75)(H,65,70)(H4,51,52,56)(H4,53,54,57)/t28-,33+,35+,36+,37+,38-,39+,40+/m1/s1. The molecule has 1 aromatic heterocycles. The van der Waals surface area contributed by atoms with Gasteiger partial charge in [-0.25, -0.2) is 0 Å². The summed E-state index contributed by atoms with van der Waals surface area (Å²) in [4.78, 5) is 131. The van der Waals surface area contributed by atoms with Crippen molar-refractivity contribution in [3.8, 4) is 0 Å². The van der Waals surface area contributed by atoms with Crippen LogP contribution in [0, 0.1) is 0 Å². The van der Waals surface area contributed by atoms with E-state index in [0.29, 0.717) is 43.3 Å². The SMILES string of the molecule is CC[C@H](NC(=O)[C@H](CCCN=C(N)N)NC(C)=O)C(=O)N[C@H](C(=O)N[C@H](Cc1ccccc1)C(=O)N[C@@H](CCCN=C(N)N)C(=O)N[C@@H](Cc1c[nH]c2ccccc12)C(=O)N[C@@H](CCCCNC=O)C(N)=O)[C@@H](C)O. The molecule has 8 atom stereocenters. The van der Waals surface area contributed by atoms with Crippen molar-refractivity contribution in [2.24, 2.45) is 38.7 Å². The topological polar surface area (TPSA) is 441 Å². The maximum atomic E-state index is 14.5. The van der Waals surface area contributed by atoms with Crippen LogP contribution in [-0.4, -0.2) is 144 Å². The second-order valence-corrected chi connectivity index (χ2v) is 17.8. The van der Waals surface area contributed by atoms with Crippen LogP contribution in [-0.2, 0) is 56.0 Å². The zero-order chi connectivity index (χ0) is 55.5. The normalized spacial score (nSPS) is 14.1. The van der Waals surface area contributed by atoms with Crippen molar-refractivity contribution in [1.82, 2.24) is 47.5 Å². The fraction of sp³-hybridized carbons (Fsp3) is 0.490. The van der Waals surface area contributed by atoms with E-state index in [1.54, 1.807) is 49.5 Å². The van der Waals surface area contributed by atoms with Crippen molar-refractivity contribution in [2.75, 3.05) is 19.6 Å². The van der Waals surface area contributed by atoms with Gasteiger partial charge in [0, 0.05) is 56.5 Å². The molecule has 3 aromatic rings. The molecule has 1 heterocycles. The van der Waals surface area contributed by atoms with Crippen LogP contribution in [0.1, 0.15) is 83.3 Å². The van der Waals surface area contributed by atoms with Crippen molar-refractivity contribution in [3.63, 3.8) is 0 Å². The monoisotopic (exact) mass is 1050 g/mol. The lowest BCUT2D eigenvalue weighted by Crippen LogP contribution is -2.62. The number of fused-ring (bicyclic) bond motifs is 1. The fourth-order valence-electron chi connectivity index (χ4n) is 7.86. The van der Waals surface area contributed by atoms with Gasteiger partial charge in [0.25, 0.3) is 0 Å². The Kier molecular flexibility index (Phi) is 26.0. The van der Waals surface area contributed by atoms with E-state index in [1.807, 2.05) is 18.2 Å². The van der Waals surface area contributed by atoms with E-state index in [-0.39, 0.29) is 70.0 Å². The molecule has 0 bridgehead atoms. The number of hydrogen-bond acceptors (Lipinski definition) is 12. The van der Waals surface area contributed by atoms with E-state index in [4.69, 9.17) is 28.7 Å². The smallest absolute Gasteiger partial charge is 0.245 e. The lowest BCUT2D eigenvalue weighted by molar-refractivity contribution is -0.137. The lowest BCUT2D eigenvalue weighted by atomic mass is 10.0. The number of aliphatic hydroxyl groups excluding tert-OH is 1. The number of nitrogens with two attached hydrogens (primary N) is 5. The number of carbonyl (C=O) groups is 9. The molecule has 0 unspecified atom stereocenters. The fourth-order valence-corrected chi connectivity index (χ4v) is 7.86. The van der Waals surface area contributed by atoms with E-state index in [9.17, 15) is 48.3 Å². The Morgan fingerprint density at radius 1 is 0.600 bits per heavy atom. The second kappa shape index (κ2) is 32.0. The Labute approximate surface area is 434 Å². The lowest BCUT2D eigenvalue weighted by Gasteiger charge is -2.28. The molecule has 0 radical (unpaired) electrons. The van der Waals surface area contributed by atoms with E-state index < -0.39 is 95.7 Å². The first kappa shape index (κ1) is 61.0. The Bertz CT molecular complexity index is 2440. The van der Waals surface area contributed by atoms with Crippen LogP contribution in [0.2, 0.25) is 0 Å². The molecule has 0 aliphatic heterocycles. The van der Waals surface area contributed by atoms with Gasteiger partial charge < -0.3 is 81.3 Å². The number of carbonyl (C=O) groups excluding carboxylic acids is 9. The third-order valence-corrected chi connectivity index (χ3v) is 11.8. The van der Waals surface area contributed by atoms with Gasteiger partial charge in [-0.15, -0.1) is 0 Å². The molecular weight excluding hydrogens is 973 g/mol. The summed E-state index contributed by atoms with van der Waals surface area (Å²) in [6.07, 6.45) is 1.98. The van der Waals surface area contributed by atoms with Crippen LogP contribution in [0.5, 0.6) is 0 Å². The van der Waals surface area contributed by atoms with Gasteiger partial charge in [0.05, 0.1) is 6.10 Å². The average Bonchev–Trinajstić information content (AvgIpc) is 3.77. The van der Waals surface area contributed by atoms with Gasteiger partial charge in [-0.2, -0.15) is 0 Å². The highest BCUT2D eigenvalue weighted by molar-refractivity contribution is 5.98. The largest absolute Gasteiger partial charge is 0.391 e. The van der Waals surface area contributed by atoms with Crippen LogP contribution in [0.15, 0.2) is 70.8 Å². The van der Waals surface area contributed by atoms with Crippen LogP contribution >= 0.6 is 0 Å². The molecule has 2 aromatic carbocycles. The Morgan fingerprint density at radius 2 is 1.09 bits per heavy atom. The van der Waals surface area contributed by atoms with E-state index in [0.717, 1.165) is 10.9 Å². The maximum Gasteiger partial charge on any atom is 0.245 e. The number of aliphatic hydroxyl groups is 1. The summed E-state index contributed by atoms with van der Waals surface area (Å²) in [5.74, 6) is -6.73. The molecule has 75 heavy (non-hydrogen) atoms. The number of nitrogens with zero attached hydrogens (tertiary/aromatic N) is 2. The molecule has 9 amide bonds. The number of unbranched alkanes of at least 4 members (excludes halogenated alkanes) is 1. The molecule has 26 heteroatoms. The molecule has 0 spiro atoms. The van der Waals surface area contributed by atoms with Crippen molar-refractivity contribution in [1.29, 1.82) is 0 Å². The summed E-state index contributed by atoms with van der Waals surface area (Å²) in [6, 6.07) is 6.48. The molecule has 0 aliphatic carbocycles. The number of benzene rings is 2. The number of nitrogens with one attached hydrogen (secondary N) is 9. The second-order valence-electron chi connectivity index (χ2n) is 17.8. The predicted molar refractivity (Wildman–Crippen MR) is 280 cm³/mol. The van der Waals surface area contributed by atoms with E-state index in [2.05, 4.69) is 57.5 Å². The van der Waals surface area contributed by atoms with Crippen molar-refractivity contribution < 1.29 is 48.3 Å². The summed E-state index contributed by atoms with van der Waals surface area (Å²) in [7, 11) is 0. The zero-order valence-electron chi connectivity index (χ0n) is 42.6. The summed E-state index contributed by atoms with van der Waals surface area (Å²) in [5.41, 5.74) is 29.5. The first-order valence-electron chi connectivity index (χ1n) is 24.7. The highest BCUT2D eigenvalue weighted by Gasteiger charge is 2.35. The van der Waals surface area contributed by atoms with Gasteiger partial charge in [-0.05, 0) is 75.5 Å². The van der Waals surface area contributed by atoms with Gasteiger partial charge >= 0.3 is 0 Å². The minimum absolute atomic E-state index is 0.0234. The molecule has 0 aliphatic rings.